The van der Waals surface area contributed by atoms with Gasteiger partial charge < -0.3 is 10.2 Å². The van der Waals surface area contributed by atoms with Crippen LogP contribution in [0.1, 0.15) is 31.2 Å². The number of hydrogen-bond donors (Lipinski definition) is 1. The lowest BCUT2D eigenvalue weighted by Gasteiger charge is -2.33. The van der Waals surface area contributed by atoms with E-state index in [9.17, 15) is 9.59 Å². The number of nitrogens with one attached hydrogen (secondary N) is 1. The van der Waals surface area contributed by atoms with E-state index in [1.807, 2.05) is 29.2 Å². The van der Waals surface area contributed by atoms with Crippen molar-refractivity contribution in [2.45, 2.75) is 36.3 Å². The molecule has 158 valence electrons. The van der Waals surface area contributed by atoms with E-state index >= 15 is 0 Å². The Hall–Kier alpha value is -2.12. The van der Waals surface area contributed by atoms with Crippen molar-refractivity contribution in [2.24, 2.45) is 5.92 Å². The standard InChI is InChI=1S/C22H25ClN4O2S/c23-18-6-4-17(5-7-18)22(8-9-22)20(29)26-13-16-3-1-12-27(14-16)19(28)15-30-21-24-10-2-11-25-21/h2,4-7,10-11,16H,1,3,8-9,12-15H2,(H,26,29). The van der Waals surface area contributed by atoms with Crippen LogP contribution in [0.4, 0.5) is 0 Å². The summed E-state index contributed by atoms with van der Waals surface area (Å²) in [6.45, 7) is 2.06. The fourth-order valence-electron chi connectivity index (χ4n) is 3.98. The van der Waals surface area contributed by atoms with Crippen molar-refractivity contribution in [3.05, 3.63) is 53.3 Å². The van der Waals surface area contributed by atoms with Gasteiger partial charge in [0.15, 0.2) is 5.16 Å². The second-order valence-corrected chi connectivity index (χ2v) is 9.35. The maximum atomic E-state index is 12.9. The number of aromatic nitrogens is 2. The van der Waals surface area contributed by atoms with E-state index in [0.717, 1.165) is 37.8 Å². The number of thioether (sulfide) groups is 1. The SMILES string of the molecule is O=C(CSc1ncccn1)N1CCCC(CNC(=O)C2(c3ccc(Cl)cc3)CC2)C1. The van der Waals surface area contributed by atoms with Crippen molar-refractivity contribution >= 4 is 35.2 Å². The molecule has 6 nitrogen and oxygen atoms in total. The number of hydrogen-bond acceptors (Lipinski definition) is 5. The fraction of sp³-hybridized carbons (Fsp3) is 0.455. The minimum absolute atomic E-state index is 0.0880. The lowest BCUT2D eigenvalue weighted by molar-refractivity contribution is -0.130. The van der Waals surface area contributed by atoms with Gasteiger partial charge in [0, 0.05) is 37.1 Å². The fourth-order valence-corrected chi connectivity index (χ4v) is 4.81. The van der Waals surface area contributed by atoms with Gasteiger partial charge in [-0.2, -0.15) is 0 Å². The van der Waals surface area contributed by atoms with E-state index in [-0.39, 0.29) is 17.7 Å². The summed E-state index contributed by atoms with van der Waals surface area (Å²) in [4.78, 5) is 35.7. The van der Waals surface area contributed by atoms with Gasteiger partial charge in [-0.05, 0) is 55.4 Å². The Morgan fingerprint density at radius 3 is 2.63 bits per heavy atom. The van der Waals surface area contributed by atoms with Gasteiger partial charge in [0.2, 0.25) is 11.8 Å². The van der Waals surface area contributed by atoms with Crippen LogP contribution in [-0.2, 0) is 15.0 Å². The molecule has 0 radical (unpaired) electrons. The Kier molecular flexibility index (Phi) is 6.58. The molecular weight excluding hydrogens is 420 g/mol. The van der Waals surface area contributed by atoms with Crippen LogP contribution in [0.2, 0.25) is 5.02 Å². The maximum absolute atomic E-state index is 12.9. The molecule has 2 amide bonds. The average molecular weight is 445 g/mol. The highest BCUT2D eigenvalue weighted by Crippen LogP contribution is 2.48. The Morgan fingerprint density at radius 2 is 1.93 bits per heavy atom. The minimum Gasteiger partial charge on any atom is -0.355 e. The molecule has 1 aromatic heterocycles. The van der Waals surface area contributed by atoms with Crippen molar-refractivity contribution in [1.82, 2.24) is 20.2 Å². The zero-order chi connectivity index (χ0) is 21.0. The maximum Gasteiger partial charge on any atom is 0.233 e. The molecule has 2 heterocycles. The summed E-state index contributed by atoms with van der Waals surface area (Å²) in [5.41, 5.74) is 0.631. The summed E-state index contributed by atoms with van der Waals surface area (Å²) < 4.78 is 0. The number of benzene rings is 1. The largest absolute Gasteiger partial charge is 0.355 e. The molecule has 8 heteroatoms. The van der Waals surface area contributed by atoms with E-state index in [2.05, 4.69) is 15.3 Å². The zero-order valence-corrected chi connectivity index (χ0v) is 18.3. The molecule has 2 aliphatic rings. The minimum atomic E-state index is -0.402. The summed E-state index contributed by atoms with van der Waals surface area (Å²) in [7, 11) is 0. The number of piperidine rings is 1. The topological polar surface area (TPSA) is 75.2 Å². The predicted molar refractivity (Wildman–Crippen MR) is 117 cm³/mol. The molecule has 2 fully saturated rings. The van der Waals surface area contributed by atoms with Gasteiger partial charge in [0.25, 0.3) is 0 Å². The van der Waals surface area contributed by atoms with Crippen LogP contribution in [0.15, 0.2) is 47.9 Å². The van der Waals surface area contributed by atoms with Crippen molar-refractivity contribution < 1.29 is 9.59 Å². The summed E-state index contributed by atoms with van der Waals surface area (Å²) in [6, 6.07) is 9.34. The molecule has 1 N–H and O–H groups in total. The van der Waals surface area contributed by atoms with Crippen LogP contribution in [0.3, 0.4) is 0 Å². The number of amides is 2. The number of rotatable bonds is 7. The number of carbonyl (C=O) groups is 2. The molecule has 1 atom stereocenters. The highest BCUT2D eigenvalue weighted by molar-refractivity contribution is 7.99. The summed E-state index contributed by atoms with van der Waals surface area (Å²) in [5, 5.41) is 4.44. The van der Waals surface area contributed by atoms with E-state index in [1.54, 1.807) is 18.5 Å². The first-order valence-electron chi connectivity index (χ1n) is 10.3. The van der Waals surface area contributed by atoms with Crippen LogP contribution < -0.4 is 5.32 Å². The molecule has 1 unspecified atom stereocenters. The van der Waals surface area contributed by atoms with E-state index in [1.165, 1.54) is 11.8 Å². The molecule has 1 aliphatic heterocycles. The Morgan fingerprint density at radius 1 is 1.20 bits per heavy atom. The molecule has 0 bridgehead atoms. The number of likely N-dealkylation sites (tertiary alicyclic amines) is 1. The first-order valence-corrected chi connectivity index (χ1v) is 11.7. The normalized spacial score (nSPS) is 19.9. The van der Waals surface area contributed by atoms with Gasteiger partial charge in [0.1, 0.15) is 0 Å². The molecule has 0 spiro atoms. The zero-order valence-electron chi connectivity index (χ0n) is 16.7. The van der Waals surface area contributed by atoms with Crippen molar-refractivity contribution in [1.29, 1.82) is 0 Å². The second kappa shape index (κ2) is 9.35. The Labute approximate surface area is 185 Å². The Bertz CT molecular complexity index is 890. The van der Waals surface area contributed by atoms with Gasteiger partial charge in [-0.15, -0.1) is 0 Å². The first-order chi connectivity index (χ1) is 14.6. The van der Waals surface area contributed by atoms with Gasteiger partial charge in [-0.3, -0.25) is 9.59 Å². The molecular formula is C22H25ClN4O2S. The second-order valence-electron chi connectivity index (χ2n) is 7.97. The van der Waals surface area contributed by atoms with Crippen LogP contribution in [-0.4, -0.2) is 52.1 Å². The highest BCUT2D eigenvalue weighted by Gasteiger charge is 2.51. The van der Waals surface area contributed by atoms with Crippen molar-refractivity contribution in [3.63, 3.8) is 0 Å². The van der Waals surface area contributed by atoms with E-state index in [4.69, 9.17) is 11.6 Å². The quantitative estimate of drug-likeness (QED) is 0.523. The lowest BCUT2D eigenvalue weighted by Crippen LogP contribution is -2.45. The van der Waals surface area contributed by atoms with Crippen LogP contribution in [0.25, 0.3) is 0 Å². The summed E-state index contributed by atoms with van der Waals surface area (Å²) >= 11 is 7.34. The predicted octanol–water partition coefficient (Wildman–Crippen LogP) is 3.31. The average Bonchev–Trinajstić information content (AvgIpc) is 3.59. The molecule has 2 aromatic rings. The number of nitrogens with zero attached hydrogens (tertiary/aromatic N) is 3. The molecule has 1 aliphatic carbocycles. The third kappa shape index (κ3) is 4.95. The summed E-state index contributed by atoms with van der Waals surface area (Å²) in [5.74, 6) is 0.807. The van der Waals surface area contributed by atoms with E-state index < -0.39 is 5.41 Å². The van der Waals surface area contributed by atoms with Crippen molar-refractivity contribution in [2.75, 3.05) is 25.4 Å². The highest BCUT2D eigenvalue weighted by atomic mass is 35.5. The smallest absolute Gasteiger partial charge is 0.233 e. The van der Waals surface area contributed by atoms with Crippen molar-refractivity contribution in [3.8, 4) is 0 Å². The van der Waals surface area contributed by atoms with Gasteiger partial charge in [-0.1, -0.05) is 35.5 Å². The third-order valence-corrected chi connectivity index (χ3v) is 6.98. The van der Waals surface area contributed by atoms with Crippen LogP contribution in [0, 0.1) is 5.92 Å². The number of carbonyl (C=O) groups excluding carboxylic acids is 2. The van der Waals surface area contributed by atoms with Crippen LogP contribution >= 0.6 is 23.4 Å². The molecule has 1 aromatic carbocycles. The van der Waals surface area contributed by atoms with Gasteiger partial charge >= 0.3 is 0 Å². The third-order valence-electron chi connectivity index (χ3n) is 5.87. The van der Waals surface area contributed by atoms with Gasteiger partial charge in [0.05, 0.1) is 11.2 Å². The molecule has 1 saturated heterocycles. The molecule has 4 rings (SSSR count). The number of halogens is 1. The van der Waals surface area contributed by atoms with Crippen LogP contribution in [0.5, 0.6) is 0 Å². The first kappa shape index (κ1) is 21.1. The van der Waals surface area contributed by atoms with Gasteiger partial charge in [-0.25, -0.2) is 9.97 Å². The lowest BCUT2D eigenvalue weighted by atomic mass is 9.93. The monoisotopic (exact) mass is 444 g/mol. The summed E-state index contributed by atoms with van der Waals surface area (Å²) in [6.07, 6.45) is 7.07. The van der Waals surface area contributed by atoms with E-state index in [0.29, 0.717) is 29.0 Å². The molecule has 30 heavy (non-hydrogen) atoms. The Balaban J connectivity index is 1.26. The molecule has 1 saturated carbocycles.